The molecule has 0 heterocycles. The summed E-state index contributed by atoms with van der Waals surface area (Å²) in [6, 6.07) is 0. The van der Waals surface area contributed by atoms with E-state index < -0.39 is 18.0 Å². The first kappa shape index (κ1) is 22.9. The lowest BCUT2D eigenvalue weighted by Crippen LogP contribution is -2.02. The molecule has 0 saturated carbocycles. The van der Waals surface area contributed by atoms with E-state index in [2.05, 4.69) is 6.08 Å². The molecule has 0 spiro atoms. The predicted molar refractivity (Wildman–Crippen MR) is 99.4 cm³/mol. The quantitative estimate of drug-likeness (QED) is 0.233. The van der Waals surface area contributed by atoms with Crippen LogP contribution in [0.25, 0.3) is 0 Å². The summed E-state index contributed by atoms with van der Waals surface area (Å²) in [5.74, 6) is -1.55. The van der Waals surface area contributed by atoms with E-state index in [0.717, 1.165) is 19.3 Å². The molecule has 0 aliphatic heterocycles. The second-order valence-corrected chi connectivity index (χ2v) is 5.72. The van der Waals surface area contributed by atoms with Crippen LogP contribution in [0.4, 0.5) is 0 Å². The summed E-state index contributed by atoms with van der Waals surface area (Å²) in [5, 5.41) is 26.7. The highest BCUT2D eigenvalue weighted by atomic mass is 16.4. The van der Waals surface area contributed by atoms with Gasteiger partial charge in [-0.2, -0.15) is 0 Å². The van der Waals surface area contributed by atoms with Crippen LogP contribution in [0.3, 0.4) is 0 Å². The smallest absolute Gasteiger partial charge is 0.303 e. The first-order valence-corrected chi connectivity index (χ1v) is 8.77. The Morgan fingerprint density at radius 2 is 1.36 bits per heavy atom. The van der Waals surface area contributed by atoms with E-state index >= 15 is 0 Å². The van der Waals surface area contributed by atoms with Crippen LogP contribution in [0.5, 0.6) is 0 Å². The fraction of sp³-hybridized carbons (Fsp3) is 0.500. The molecule has 0 aromatic rings. The third kappa shape index (κ3) is 19.8. The van der Waals surface area contributed by atoms with Crippen molar-refractivity contribution in [2.45, 2.75) is 63.9 Å². The summed E-state index contributed by atoms with van der Waals surface area (Å²) in [5.41, 5.74) is 0. The van der Waals surface area contributed by atoms with Crippen molar-refractivity contribution in [2.75, 3.05) is 0 Å². The molecule has 0 fully saturated rings. The summed E-state index contributed by atoms with van der Waals surface area (Å²) < 4.78 is 0. The van der Waals surface area contributed by atoms with Gasteiger partial charge in [0.2, 0.25) is 0 Å². The van der Waals surface area contributed by atoms with Crippen molar-refractivity contribution in [1.29, 1.82) is 0 Å². The van der Waals surface area contributed by atoms with Crippen molar-refractivity contribution >= 4 is 11.9 Å². The number of carbonyl (C=O) groups is 2. The normalized spacial score (nSPS) is 13.5. The van der Waals surface area contributed by atoms with E-state index in [0.29, 0.717) is 25.7 Å². The molecule has 3 N–H and O–H groups in total. The molecule has 0 aromatic carbocycles. The van der Waals surface area contributed by atoms with E-state index in [9.17, 15) is 14.7 Å². The lowest BCUT2D eigenvalue weighted by Gasteiger charge is -2.03. The van der Waals surface area contributed by atoms with Crippen LogP contribution in [0.2, 0.25) is 0 Å². The number of aliphatic hydroxyl groups is 1. The fourth-order valence-electron chi connectivity index (χ4n) is 2.01. The van der Waals surface area contributed by atoms with Gasteiger partial charge < -0.3 is 15.3 Å². The van der Waals surface area contributed by atoms with Crippen LogP contribution < -0.4 is 0 Å². The second-order valence-electron chi connectivity index (χ2n) is 5.72. The van der Waals surface area contributed by atoms with Gasteiger partial charge in [-0.15, -0.1) is 0 Å². The van der Waals surface area contributed by atoms with E-state index in [1.54, 1.807) is 12.2 Å². The van der Waals surface area contributed by atoms with E-state index in [1.165, 1.54) is 0 Å². The molecule has 5 heteroatoms. The Morgan fingerprint density at radius 3 is 2.04 bits per heavy atom. The number of hydrogen-bond donors (Lipinski definition) is 3. The molecule has 0 radical (unpaired) electrons. The zero-order valence-corrected chi connectivity index (χ0v) is 14.7. The Kier molecular flexibility index (Phi) is 15.3. The van der Waals surface area contributed by atoms with Crippen molar-refractivity contribution in [2.24, 2.45) is 0 Å². The van der Waals surface area contributed by atoms with Gasteiger partial charge in [-0.1, -0.05) is 48.6 Å². The number of carboxylic acids is 2. The van der Waals surface area contributed by atoms with Gasteiger partial charge in [0.25, 0.3) is 0 Å². The molecule has 0 rings (SSSR count). The van der Waals surface area contributed by atoms with Crippen molar-refractivity contribution in [1.82, 2.24) is 0 Å². The Hall–Kier alpha value is -2.14. The number of aliphatic hydroxyl groups excluding tert-OH is 1. The van der Waals surface area contributed by atoms with Crippen LogP contribution >= 0.6 is 0 Å². The topological polar surface area (TPSA) is 94.8 Å². The zero-order valence-electron chi connectivity index (χ0n) is 14.7. The highest BCUT2D eigenvalue weighted by Gasteiger charge is 2.00. The number of carboxylic acid groups (broad SMARTS) is 2. The summed E-state index contributed by atoms with van der Waals surface area (Å²) in [4.78, 5) is 20.7. The van der Waals surface area contributed by atoms with Crippen LogP contribution in [0.1, 0.15) is 57.8 Å². The molecule has 0 aliphatic carbocycles. The number of hydrogen-bond acceptors (Lipinski definition) is 3. The van der Waals surface area contributed by atoms with Gasteiger partial charge in [0.1, 0.15) is 0 Å². The maximum Gasteiger partial charge on any atom is 0.303 e. The summed E-state index contributed by atoms with van der Waals surface area (Å²) in [7, 11) is 0. The van der Waals surface area contributed by atoms with E-state index in [-0.39, 0.29) is 12.8 Å². The van der Waals surface area contributed by atoms with Crippen molar-refractivity contribution in [3.05, 3.63) is 48.6 Å². The third-order valence-corrected chi connectivity index (χ3v) is 3.36. The molecular formula is C20H30O5. The minimum Gasteiger partial charge on any atom is -0.481 e. The molecule has 0 aliphatic rings. The number of aliphatic carboxylic acids is 2. The maximum absolute atomic E-state index is 10.3. The van der Waals surface area contributed by atoms with E-state index in [1.807, 2.05) is 30.4 Å². The molecule has 5 nitrogen and oxygen atoms in total. The molecule has 140 valence electrons. The van der Waals surface area contributed by atoms with Gasteiger partial charge in [0.05, 0.1) is 6.10 Å². The molecule has 0 saturated heterocycles. The predicted octanol–water partition coefficient (Wildman–Crippen LogP) is 4.25. The minimum atomic E-state index is -0.797. The van der Waals surface area contributed by atoms with Gasteiger partial charge >= 0.3 is 11.9 Å². The Morgan fingerprint density at radius 1 is 0.760 bits per heavy atom. The van der Waals surface area contributed by atoms with Crippen LogP contribution in [0.15, 0.2) is 48.6 Å². The molecule has 1 atom stereocenters. The van der Waals surface area contributed by atoms with Crippen LogP contribution in [-0.2, 0) is 9.59 Å². The van der Waals surface area contributed by atoms with Crippen molar-refractivity contribution < 1.29 is 24.9 Å². The lowest BCUT2D eigenvalue weighted by atomic mass is 10.1. The molecule has 1 unspecified atom stereocenters. The molecule has 25 heavy (non-hydrogen) atoms. The SMILES string of the molecule is O=C(O)CCCC=CCC=CCC=CC=CC(O)CCCCC(=O)O. The summed E-state index contributed by atoms with van der Waals surface area (Å²) in [6.45, 7) is 0. The highest BCUT2D eigenvalue weighted by Crippen LogP contribution is 2.05. The monoisotopic (exact) mass is 350 g/mol. The van der Waals surface area contributed by atoms with Gasteiger partial charge in [0, 0.05) is 12.8 Å². The number of allylic oxidation sites excluding steroid dienone is 7. The van der Waals surface area contributed by atoms with Crippen LogP contribution in [0, 0.1) is 0 Å². The molecular weight excluding hydrogens is 320 g/mol. The summed E-state index contributed by atoms with van der Waals surface area (Å²) >= 11 is 0. The molecule has 0 amide bonds. The maximum atomic E-state index is 10.3. The largest absolute Gasteiger partial charge is 0.481 e. The molecule has 0 aromatic heterocycles. The van der Waals surface area contributed by atoms with Gasteiger partial charge in [-0.3, -0.25) is 9.59 Å². The Labute approximate surface area is 150 Å². The Bertz CT molecular complexity index is 474. The molecule has 0 bridgehead atoms. The van der Waals surface area contributed by atoms with Gasteiger partial charge in [-0.25, -0.2) is 0 Å². The summed E-state index contributed by atoms with van der Waals surface area (Å²) in [6.07, 6.45) is 20.4. The average Bonchev–Trinajstić information content (AvgIpc) is 2.55. The second kappa shape index (κ2) is 16.7. The Balaban J connectivity index is 3.61. The zero-order chi connectivity index (χ0) is 18.8. The third-order valence-electron chi connectivity index (χ3n) is 3.36. The van der Waals surface area contributed by atoms with Crippen molar-refractivity contribution in [3.8, 4) is 0 Å². The highest BCUT2D eigenvalue weighted by molar-refractivity contribution is 5.66. The number of unbranched alkanes of at least 4 members (excludes halogenated alkanes) is 2. The lowest BCUT2D eigenvalue weighted by molar-refractivity contribution is -0.138. The minimum absolute atomic E-state index is 0.153. The van der Waals surface area contributed by atoms with Crippen molar-refractivity contribution in [3.63, 3.8) is 0 Å². The first-order chi connectivity index (χ1) is 12.0. The van der Waals surface area contributed by atoms with E-state index in [4.69, 9.17) is 10.2 Å². The van der Waals surface area contributed by atoms with Gasteiger partial charge in [0.15, 0.2) is 0 Å². The number of rotatable bonds is 15. The van der Waals surface area contributed by atoms with Crippen LogP contribution in [-0.4, -0.2) is 33.4 Å². The fourth-order valence-corrected chi connectivity index (χ4v) is 2.01. The van der Waals surface area contributed by atoms with Gasteiger partial charge in [-0.05, 0) is 44.9 Å². The first-order valence-electron chi connectivity index (χ1n) is 8.77. The standard InChI is InChI=1S/C20H30O5/c21-18(15-12-13-17-20(24)25)14-10-8-6-4-2-1-3-5-7-9-11-16-19(22)23/h1-2,5-8,10,14,18,21H,3-4,9,11-13,15-17H2,(H,22,23)(H,24,25). The average molecular weight is 350 g/mol.